The van der Waals surface area contributed by atoms with E-state index in [1.165, 1.54) is 5.56 Å². The number of aromatic nitrogens is 1. The Kier molecular flexibility index (Phi) is 4.17. The third-order valence-corrected chi connectivity index (χ3v) is 4.78. The van der Waals surface area contributed by atoms with Crippen molar-refractivity contribution in [2.75, 3.05) is 10.2 Å². The zero-order chi connectivity index (χ0) is 18.1. The number of carbonyl (C=O) groups excluding carboxylic acids is 1. The molecule has 4 rings (SSSR count). The number of amides is 1. The van der Waals surface area contributed by atoms with Crippen LogP contribution in [0.1, 0.15) is 40.3 Å². The number of benzene rings is 2. The van der Waals surface area contributed by atoms with E-state index < -0.39 is 0 Å². The molecule has 0 unspecified atom stereocenters. The summed E-state index contributed by atoms with van der Waals surface area (Å²) in [5, 5.41) is 3.48. The minimum atomic E-state index is -0.325. The fourth-order valence-electron chi connectivity index (χ4n) is 3.28. The summed E-state index contributed by atoms with van der Waals surface area (Å²) in [5.41, 5.74) is 5.69. The van der Waals surface area contributed by atoms with Gasteiger partial charge in [0.2, 0.25) is 0 Å². The molecule has 3 aromatic rings. The molecule has 1 N–H and O–H groups in total. The predicted octanol–water partition coefficient (Wildman–Crippen LogP) is 4.72. The number of nitrogens with zero attached hydrogens (tertiary/aromatic N) is 2. The standard InChI is InChI=1S/C22H21N3O/c1-3-16-8-10-17(11-9-16)24-21-20-19(5-4-14-23-20)22(26)25(21)18-12-6-15(2)7-13-18/h4-14,21,24H,3H2,1-2H3/t21-/m1/s1. The Balaban J connectivity index is 1.74. The van der Waals surface area contributed by atoms with Crippen molar-refractivity contribution in [3.8, 4) is 0 Å². The fraction of sp³-hybridized carbons (Fsp3) is 0.182. The molecule has 26 heavy (non-hydrogen) atoms. The molecule has 1 aliphatic rings. The van der Waals surface area contributed by atoms with Gasteiger partial charge < -0.3 is 5.32 Å². The van der Waals surface area contributed by atoms with Gasteiger partial charge in [0.1, 0.15) is 0 Å². The van der Waals surface area contributed by atoms with Gasteiger partial charge in [0.15, 0.2) is 6.17 Å². The molecule has 1 aromatic heterocycles. The molecule has 0 radical (unpaired) electrons. The first-order chi connectivity index (χ1) is 12.7. The quantitative estimate of drug-likeness (QED) is 0.745. The number of carbonyl (C=O) groups is 1. The van der Waals surface area contributed by atoms with E-state index in [0.717, 1.165) is 29.1 Å². The second-order valence-corrected chi connectivity index (χ2v) is 6.54. The van der Waals surface area contributed by atoms with Crippen LogP contribution in [0.2, 0.25) is 0 Å². The highest BCUT2D eigenvalue weighted by atomic mass is 16.2. The summed E-state index contributed by atoms with van der Waals surface area (Å²) in [6, 6.07) is 20.0. The molecule has 2 aromatic carbocycles. The Morgan fingerprint density at radius 3 is 2.46 bits per heavy atom. The highest BCUT2D eigenvalue weighted by Crippen LogP contribution is 2.36. The summed E-state index contributed by atoms with van der Waals surface area (Å²) in [4.78, 5) is 19.3. The van der Waals surface area contributed by atoms with Crippen LogP contribution in [-0.2, 0) is 6.42 Å². The molecule has 130 valence electrons. The van der Waals surface area contributed by atoms with Crippen LogP contribution in [0.3, 0.4) is 0 Å². The molecule has 2 heterocycles. The molecule has 0 spiro atoms. The average molecular weight is 343 g/mol. The molecule has 0 saturated heterocycles. The van der Waals surface area contributed by atoms with Crippen molar-refractivity contribution in [1.82, 2.24) is 4.98 Å². The molecular formula is C22H21N3O. The summed E-state index contributed by atoms with van der Waals surface area (Å²) in [7, 11) is 0. The van der Waals surface area contributed by atoms with Crippen molar-refractivity contribution < 1.29 is 4.79 Å². The van der Waals surface area contributed by atoms with E-state index in [1.54, 1.807) is 11.1 Å². The van der Waals surface area contributed by atoms with E-state index in [-0.39, 0.29) is 12.1 Å². The first-order valence-electron chi connectivity index (χ1n) is 8.88. The maximum Gasteiger partial charge on any atom is 0.262 e. The van der Waals surface area contributed by atoms with Crippen LogP contribution >= 0.6 is 0 Å². The number of nitrogens with one attached hydrogen (secondary N) is 1. The Morgan fingerprint density at radius 1 is 1.04 bits per heavy atom. The van der Waals surface area contributed by atoms with Gasteiger partial charge in [-0.15, -0.1) is 0 Å². The maximum absolute atomic E-state index is 13.0. The second-order valence-electron chi connectivity index (χ2n) is 6.54. The van der Waals surface area contributed by atoms with Crippen LogP contribution in [0.25, 0.3) is 0 Å². The molecule has 4 nitrogen and oxygen atoms in total. The predicted molar refractivity (Wildman–Crippen MR) is 104 cm³/mol. The van der Waals surface area contributed by atoms with Crippen molar-refractivity contribution in [3.63, 3.8) is 0 Å². The van der Waals surface area contributed by atoms with E-state index >= 15 is 0 Å². The van der Waals surface area contributed by atoms with Crippen molar-refractivity contribution >= 4 is 17.3 Å². The lowest BCUT2D eigenvalue weighted by molar-refractivity contribution is 0.0993. The zero-order valence-electron chi connectivity index (χ0n) is 14.9. The van der Waals surface area contributed by atoms with Crippen LogP contribution in [0.5, 0.6) is 0 Å². The van der Waals surface area contributed by atoms with Gasteiger partial charge in [0.25, 0.3) is 5.91 Å². The average Bonchev–Trinajstić information content (AvgIpc) is 2.95. The molecule has 0 fully saturated rings. The summed E-state index contributed by atoms with van der Waals surface area (Å²) in [6.45, 7) is 4.17. The van der Waals surface area contributed by atoms with Gasteiger partial charge >= 0.3 is 0 Å². The van der Waals surface area contributed by atoms with Crippen molar-refractivity contribution in [2.45, 2.75) is 26.4 Å². The van der Waals surface area contributed by atoms with Crippen molar-refractivity contribution in [2.24, 2.45) is 0 Å². The van der Waals surface area contributed by atoms with Crippen LogP contribution < -0.4 is 10.2 Å². The Bertz CT molecular complexity index is 932. The number of fused-ring (bicyclic) bond motifs is 1. The number of pyridine rings is 1. The highest BCUT2D eigenvalue weighted by molar-refractivity contribution is 6.11. The van der Waals surface area contributed by atoms with Crippen molar-refractivity contribution in [3.05, 3.63) is 89.2 Å². The molecule has 1 amide bonds. The molecule has 1 aliphatic heterocycles. The Labute approximate surface area is 153 Å². The SMILES string of the molecule is CCc1ccc(N[C@H]2c3ncccc3C(=O)N2c2ccc(C)cc2)cc1. The lowest BCUT2D eigenvalue weighted by Crippen LogP contribution is -2.32. The monoisotopic (exact) mass is 343 g/mol. The lowest BCUT2D eigenvalue weighted by Gasteiger charge is -2.26. The minimum Gasteiger partial charge on any atom is -0.360 e. The van der Waals surface area contributed by atoms with Crippen LogP contribution in [0.4, 0.5) is 11.4 Å². The highest BCUT2D eigenvalue weighted by Gasteiger charge is 2.38. The second kappa shape index (κ2) is 6.64. The number of rotatable bonds is 4. The molecular weight excluding hydrogens is 322 g/mol. The third-order valence-electron chi connectivity index (χ3n) is 4.78. The van der Waals surface area contributed by atoms with Gasteiger partial charge in [0, 0.05) is 17.6 Å². The number of hydrogen-bond acceptors (Lipinski definition) is 3. The van der Waals surface area contributed by atoms with Gasteiger partial charge in [0.05, 0.1) is 11.3 Å². The van der Waals surface area contributed by atoms with Gasteiger partial charge in [-0.05, 0) is 55.3 Å². The first kappa shape index (κ1) is 16.3. The number of hydrogen-bond donors (Lipinski definition) is 1. The lowest BCUT2D eigenvalue weighted by atomic mass is 10.1. The van der Waals surface area contributed by atoms with E-state index in [0.29, 0.717) is 5.56 Å². The smallest absolute Gasteiger partial charge is 0.262 e. The topological polar surface area (TPSA) is 45.2 Å². The maximum atomic E-state index is 13.0. The minimum absolute atomic E-state index is 0.0281. The normalized spacial score (nSPS) is 15.8. The van der Waals surface area contributed by atoms with Gasteiger partial charge in [-0.1, -0.05) is 36.8 Å². The number of aryl methyl sites for hydroxylation is 2. The first-order valence-corrected chi connectivity index (χ1v) is 8.88. The largest absolute Gasteiger partial charge is 0.360 e. The summed E-state index contributed by atoms with van der Waals surface area (Å²) in [5.74, 6) is -0.0281. The summed E-state index contributed by atoms with van der Waals surface area (Å²) >= 11 is 0. The summed E-state index contributed by atoms with van der Waals surface area (Å²) in [6.07, 6.45) is 2.41. The van der Waals surface area contributed by atoms with Gasteiger partial charge in [-0.2, -0.15) is 0 Å². The van der Waals surface area contributed by atoms with E-state index in [1.807, 2.05) is 43.3 Å². The molecule has 4 heteroatoms. The number of anilines is 2. The van der Waals surface area contributed by atoms with Crippen molar-refractivity contribution in [1.29, 1.82) is 0 Å². The van der Waals surface area contributed by atoms with Crippen LogP contribution in [-0.4, -0.2) is 10.9 Å². The van der Waals surface area contributed by atoms with Crippen LogP contribution in [0.15, 0.2) is 66.9 Å². The molecule has 0 bridgehead atoms. The fourth-order valence-corrected chi connectivity index (χ4v) is 3.28. The van der Waals surface area contributed by atoms with Crippen LogP contribution in [0, 0.1) is 6.92 Å². The molecule has 1 atom stereocenters. The summed E-state index contributed by atoms with van der Waals surface area (Å²) < 4.78 is 0. The molecule has 0 saturated carbocycles. The van der Waals surface area contributed by atoms with Gasteiger partial charge in [-0.3, -0.25) is 14.7 Å². The van der Waals surface area contributed by atoms with E-state index in [9.17, 15) is 4.79 Å². The Morgan fingerprint density at radius 2 is 1.77 bits per heavy atom. The Hall–Kier alpha value is -3.14. The zero-order valence-corrected chi connectivity index (χ0v) is 14.9. The van der Waals surface area contributed by atoms with E-state index in [2.05, 4.69) is 41.5 Å². The molecule has 0 aliphatic carbocycles. The van der Waals surface area contributed by atoms with Gasteiger partial charge in [-0.25, -0.2) is 0 Å². The van der Waals surface area contributed by atoms with E-state index in [4.69, 9.17) is 0 Å². The third kappa shape index (κ3) is 2.84.